The molecule has 0 aliphatic heterocycles. The number of thioether (sulfide) groups is 1. The fourth-order valence-electron chi connectivity index (χ4n) is 3.83. The smallest absolute Gasteiger partial charge is 0.278 e. The molecule has 0 saturated heterocycles. The summed E-state index contributed by atoms with van der Waals surface area (Å²) in [5.41, 5.74) is 4.14. The van der Waals surface area contributed by atoms with Gasteiger partial charge in [0.2, 0.25) is 5.91 Å². The van der Waals surface area contributed by atoms with Gasteiger partial charge < -0.3 is 9.88 Å². The van der Waals surface area contributed by atoms with Crippen molar-refractivity contribution >= 4 is 40.2 Å². The Morgan fingerprint density at radius 2 is 1.76 bits per heavy atom. The predicted octanol–water partition coefficient (Wildman–Crippen LogP) is 4.75. The van der Waals surface area contributed by atoms with Gasteiger partial charge in [0.15, 0.2) is 10.9 Å². The second-order valence-electron chi connectivity index (χ2n) is 8.04. The van der Waals surface area contributed by atoms with Crippen molar-refractivity contribution in [3.63, 3.8) is 0 Å². The van der Waals surface area contributed by atoms with Gasteiger partial charge in [0.1, 0.15) is 11.0 Å². The highest BCUT2D eigenvalue weighted by Crippen LogP contribution is 2.29. The van der Waals surface area contributed by atoms with Crippen molar-refractivity contribution in [3.05, 3.63) is 76.7 Å². The average molecular weight is 475 g/mol. The van der Waals surface area contributed by atoms with Gasteiger partial charge in [-0.3, -0.25) is 19.0 Å². The molecule has 1 N–H and O–H groups in total. The van der Waals surface area contributed by atoms with Crippen LogP contribution in [-0.4, -0.2) is 31.6 Å². The van der Waals surface area contributed by atoms with Crippen molar-refractivity contribution in [1.82, 2.24) is 14.1 Å². The lowest BCUT2D eigenvalue weighted by atomic mass is 10.1. The van der Waals surface area contributed by atoms with Crippen molar-refractivity contribution in [2.24, 2.45) is 7.05 Å². The first-order chi connectivity index (χ1) is 16.4. The zero-order chi connectivity index (χ0) is 24.2. The molecular weight excluding hydrogens is 448 g/mol. The van der Waals surface area contributed by atoms with Gasteiger partial charge in [0.05, 0.1) is 5.75 Å². The quantitative estimate of drug-likeness (QED) is 0.226. The Morgan fingerprint density at radius 3 is 2.41 bits per heavy atom. The first-order valence-electron chi connectivity index (χ1n) is 11.1. The van der Waals surface area contributed by atoms with E-state index < -0.39 is 0 Å². The summed E-state index contributed by atoms with van der Waals surface area (Å²) >= 11 is 1.24. The lowest BCUT2D eigenvalue weighted by Crippen LogP contribution is -2.25. The lowest BCUT2D eigenvalue weighted by molar-refractivity contribution is -0.113. The molecular formula is C26H26N4O3S. The number of Topliss-reactive ketones (excluding diaryl/α,β-unsaturated/α-hetero) is 1. The molecule has 7 nitrogen and oxygen atoms in total. The molecule has 1 amide bonds. The van der Waals surface area contributed by atoms with E-state index in [9.17, 15) is 14.4 Å². The maximum atomic E-state index is 13.4. The summed E-state index contributed by atoms with van der Waals surface area (Å²) < 4.78 is 3.47. The van der Waals surface area contributed by atoms with Gasteiger partial charge in [0, 0.05) is 36.6 Å². The molecule has 8 heteroatoms. The van der Waals surface area contributed by atoms with E-state index in [4.69, 9.17) is 4.98 Å². The Morgan fingerprint density at radius 1 is 1.06 bits per heavy atom. The molecule has 0 atom stereocenters. The largest absolute Gasteiger partial charge is 0.344 e. The van der Waals surface area contributed by atoms with Crippen LogP contribution in [0.1, 0.15) is 30.6 Å². The standard InChI is InChI=1S/C26H26N4O3S/c1-4-14-30-25(33)24-23(21(15-29(24)3)19-8-6-5-7-9-19)28-26(30)34-16-22(32)27-20-12-10-18(11-13-20)17(2)31/h5-13,15H,4,14,16H2,1-3H3,(H,27,32). The van der Waals surface area contributed by atoms with E-state index in [1.807, 2.05) is 55.1 Å². The Kier molecular flexibility index (Phi) is 6.98. The predicted molar refractivity (Wildman–Crippen MR) is 137 cm³/mol. The molecule has 0 aliphatic rings. The summed E-state index contributed by atoms with van der Waals surface area (Å²) in [6, 6.07) is 16.6. The van der Waals surface area contributed by atoms with Crippen LogP contribution in [0.2, 0.25) is 0 Å². The third-order valence-corrected chi connectivity index (χ3v) is 6.46. The number of aryl methyl sites for hydroxylation is 1. The van der Waals surface area contributed by atoms with Gasteiger partial charge in [-0.1, -0.05) is 49.0 Å². The van der Waals surface area contributed by atoms with Gasteiger partial charge >= 0.3 is 0 Å². The SMILES string of the molecule is CCCn1c(SCC(=O)Nc2ccc(C(C)=O)cc2)nc2c(-c3ccccc3)cn(C)c2c1=O. The van der Waals surface area contributed by atoms with Gasteiger partial charge in [0.25, 0.3) is 5.56 Å². The number of fused-ring (bicyclic) bond motifs is 1. The van der Waals surface area contributed by atoms with Crippen LogP contribution < -0.4 is 10.9 Å². The maximum absolute atomic E-state index is 13.4. The second-order valence-corrected chi connectivity index (χ2v) is 8.98. The molecule has 0 aliphatic carbocycles. The van der Waals surface area contributed by atoms with Crippen LogP contribution >= 0.6 is 11.8 Å². The van der Waals surface area contributed by atoms with Crippen LogP contribution in [0.25, 0.3) is 22.2 Å². The summed E-state index contributed by atoms with van der Waals surface area (Å²) in [6.45, 7) is 4.02. The Hall–Kier alpha value is -3.65. The molecule has 4 aromatic rings. The minimum Gasteiger partial charge on any atom is -0.344 e. The number of ketones is 1. The molecule has 0 spiro atoms. The summed E-state index contributed by atoms with van der Waals surface area (Å²) in [6.07, 6.45) is 2.70. The van der Waals surface area contributed by atoms with Crippen molar-refractivity contribution in [3.8, 4) is 11.1 Å². The van der Waals surface area contributed by atoms with Gasteiger partial charge in [-0.25, -0.2) is 4.98 Å². The number of nitrogens with zero attached hydrogens (tertiary/aromatic N) is 3. The van der Waals surface area contributed by atoms with Crippen LogP contribution in [0.5, 0.6) is 0 Å². The topological polar surface area (TPSA) is 86.0 Å². The van der Waals surface area contributed by atoms with Gasteiger partial charge in [-0.15, -0.1) is 0 Å². The van der Waals surface area contributed by atoms with E-state index in [-0.39, 0.29) is 23.0 Å². The summed E-state index contributed by atoms with van der Waals surface area (Å²) in [5.74, 6) is -0.141. The van der Waals surface area contributed by atoms with Crippen molar-refractivity contribution in [2.75, 3.05) is 11.1 Å². The Bertz CT molecular complexity index is 1410. The minimum absolute atomic E-state index is 0.0282. The summed E-state index contributed by atoms with van der Waals surface area (Å²) in [4.78, 5) is 42.3. The Labute approximate surface area is 201 Å². The number of carbonyl (C=O) groups is 2. The van der Waals surface area contributed by atoms with E-state index in [2.05, 4.69) is 5.32 Å². The minimum atomic E-state index is -0.214. The number of aromatic nitrogens is 3. The molecule has 174 valence electrons. The van der Waals surface area contributed by atoms with Crippen LogP contribution in [0.4, 0.5) is 5.69 Å². The van der Waals surface area contributed by atoms with E-state index in [1.54, 1.807) is 28.8 Å². The molecule has 34 heavy (non-hydrogen) atoms. The zero-order valence-electron chi connectivity index (χ0n) is 19.4. The molecule has 0 saturated carbocycles. The van der Waals surface area contributed by atoms with Crippen LogP contribution in [0.15, 0.2) is 70.7 Å². The average Bonchev–Trinajstić information content (AvgIpc) is 3.17. The molecule has 0 bridgehead atoms. The van der Waals surface area contributed by atoms with Crippen molar-refractivity contribution < 1.29 is 9.59 Å². The maximum Gasteiger partial charge on any atom is 0.278 e. The second kappa shape index (κ2) is 10.1. The highest BCUT2D eigenvalue weighted by atomic mass is 32.2. The van der Waals surface area contributed by atoms with E-state index in [1.165, 1.54) is 18.7 Å². The highest BCUT2D eigenvalue weighted by Gasteiger charge is 2.19. The summed E-state index contributed by atoms with van der Waals surface area (Å²) in [7, 11) is 1.85. The number of amides is 1. The van der Waals surface area contributed by atoms with Crippen LogP contribution in [-0.2, 0) is 18.4 Å². The summed E-state index contributed by atoms with van der Waals surface area (Å²) in [5, 5.41) is 3.35. The number of anilines is 1. The molecule has 4 rings (SSSR count). The van der Waals surface area contributed by atoms with E-state index in [0.717, 1.165) is 17.5 Å². The zero-order valence-corrected chi connectivity index (χ0v) is 20.2. The number of carbonyl (C=O) groups excluding carboxylic acids is 2. The fraction of sp³-hybridized carbons (Fsp3) is 0.231. The van der Waals surface area contributed by atoms with Crippen molar-refractivity contribution in [2.45, 2.75) is 32.0 Å². The first-order valence-corrected chi connectivity index (χ1v) is 12.1. The number of hydrogen-bond donors (Lipinski definition) is 1. The van der Waals surface area contributed by atoms with E-state index in [0.29, 0.717) is 34.0 Å². The highest BCUT2D eigenvalue weighted by molar-refractivity contribution is 7.99. The number of nitrogens with one attached hydrogen (secondary N) is 1. The Balaban J connectivity index is 1.63. The van der Waals surface area contributed by atoms with Crippen LogP contribution in [0, 0.1) is 0 Å². The lowest BCUT2D eigenvalue weighted by Gasteiger charge is -2.12. The molecule has 0 unspecified atom stereocenters. The van der Waals surface area contributed by atoms with Crippen LogP contribution in [0.3, 0.4) is 0 Å². The molecule has 2 aromatic heterocycles. The molecule has 2 heterocycles. The number of rotatable bonds is 8. The fourth-order valence-corrected chi connectivity index (χ4v) is 4.64. The normalized spacial score (nSPS) is 11.0. The molecule has 0 radical (unpaired) electrons. The monoisotopic (exact) mass is 474 g/mol. The third kappa shape index (κ3) is 4.82. The number of hydrogen-bond acceptors (Lipinski definition) is 5. The van der Waals surface area contributed by atoms with E-state index >= 15 is 0 Å². The number of benzene rings is 2. The van der Waals surface area contributed by atoms with Gasteiger partial charge in [-0.2, -0.15) is 0 Å². The molecule has 2 aromatic carbocycles. The first kappa shape index (κ1) is 23.5. The third-order valence-electron chi connectivity index (χ3n) is 5.48. The van der Waals surface area contributed by atoms with Crippen molar-refractivity contribution in [1.29, 1.82) is 0 Å². The molecule has 0 fully saturated rings. The van der Waals surface area contributed by atoms with Gasteiger partial charge in [-0.05, 0) is 43.2 Å².